The summed E-state index contributed by atoms with van der Waals surface area (Å²) >= 11 is 7.54. The van der Waals surface area contributed by atoms with Crippen molar-refractivity contribution in [3.8, 4) is 5.69 Å². The Kier molecular flexibility index (Phi) is 3.77. The van der Waals surface area contributed by atoms with Gasteiger partial charge in [0.1, 0.15) is 12.0 Å². The first-order valence-electron chi connectivity index (χ1n) is 7.01. The van der Waals surface area contributed by atoms with Crippen LogP contribution in [-0.2, 0) is 5.75 Å². The van der Waals surface area contributed by atoms with E-state index in [1.807, 2.05) is 59.3 Å². The number of hydrogen-bond acceptors (Lipinski definition) is 4. The molecule has 0 spiro atoms. The second kappa shape index (κ2) is 6.06. The zero-order chi connectivity index (χ0) is 15.6. The van der Waals surface area contributed by atoms with Gasteiger partial charge in [-0.15, -0.1) is 5.10 Å². The number of thioether (sulfide) groups is 1. The minimum absolute atomic E-state index is 0.692. The van der Waals surface area contributed by atoms with Crippen molar-refractivity contribution >= 4 is 29.0 Å². The van der Waals surface area contributed by atoms with Crippen molar-refractivity contribution in [3.05, 3.63) is 71.9 Å². The molecule has 0 bridgehead atoms. The molecule has 0 saturated carbocycles. The second-order valence-electron chi connectivity index (χ2n) is 4.94. The van der Waals surface area contributed by atoms with Crippen LogP contribution in [0.15, 0.2) is 66.3 Å². The Morgan fingerprint density at radius 2 is 1.91 bits per heavy atom. The molecule has 0 aliphatic carbocycles. The van der Waals surface area contributed by atoms with Gasteiger partial charge in [-0.05, 0) is 24.3 Å². The number of rotatable bonds is 4. The van der Waals surface area contributed by atoms with Crippen LogP contribution in [0.1, 0.15) is 5.69 Å². The molecule has 0 atom stereocenters. The van der Waals surface area contributed by atoms with Crippen molar-refractivity contribution in [3.63, 3.8) is 0 Å². The summed E-state index contributed by atoms with van der Waals surface area (Å²) in [5.41, 5.74) is 2.84. The lowest BCUT2D eigenvalue weighted by Gasteiger charge is -1.97. The Hall–Kier alpha value is -2.31. The minimum atomic E-state index is 0.692. The molecule has 0 aliphatic heterocycles. The van der Waals surface area contributed by atoms with Crippen LogP contribution in [0.2, 0.25) is 5.02 Å². The van der Waals surface area contributed by atoms with E-state index in [9.17, 15) is 0 Å². The summed E-state index contributed by atoms with van der Waals surface area (Å²) in [7, 11) is 0. The summed E-state index contributed by atoms with van der Waals surface area (Å²) in [5, 5.41) is 5.89. The normalized spacial score (nSPS) is 11.2. The van der Waals surface area contributed by atoms with E-state index in [1.165, 1.54) is 0 Å². The summed E-state index contributed by atoms with van der Waals surface area (Å²) in [6, 6.07) is 13.7. The lowest BCUT2D eigenvalue weighted by atomic mass is 10.3. The van der Waals surface area contributed by atoms with Crippen LogP contribution in [-0.4, -0.2) is 24.1 Å². The second-order valence-corrected chi connectivity index (χ2v) is 6.32. The van der Waals surface area contributed by atoms with Crippen molar-refractivity contribution in [2.24, 2.45) is 0 Å². The maximum absolute atomic E-state index is 5.99. The van der Waals surface area contributed by atoms with Crippen molar-refractivity contribution in [2.45, 2.75) is 10.9 Å². The predicted molar refractivity (Wildman–Crippen MR) is 91.1 cm³/mol. The molecule has 0 saturated heterocycles. The first kappa shape index (κ1) is 14.3. The molecular weight excluding hydrogens is 330 g/mol. The van der Waals surface area contributed by atoms with Crippen LogP contribution >= 0.6 is 23.4 Å². The molecule has 3 aromatic heterocycles. The molecule has 0 unspecified atom stereocenters. The molecule has 7 heteroatoms. The zero-order valence-corrected chi connectivity index (χ0v) is 13.6. The van der Waals surface area contributed by atoms with Crippen LogP contribution in [0.25, 0.3) is 11.3 Å². The lowest BCUT2D eigenvalue weighted by Crippen LogP contribution is -1.93. The average molecular weight is 342 g/mol. The van der Waals surface area contributed by atoms with Gasteiger partial charge in [0.05, 0.1) is 16.4 Å². The van der Waals surface area contributed by atoms with Crippen molar-refractivity contribution in [1.29, 1.82) is 0 Å². The quantitative estimate of drug-likeness (QED) is 0.529. The average Bonchev–Trinajstić information content (AvgIpc) is 3.20. The highest BCUT2D eigenvalue weighted by molar-refractivity contribution is 7.98. The van der Waals surface area contributed by atoms with E-state index in [0.29, 0.717) is 10.8 Å². The standard InChI is InChI=1S/C16H12ClN5S/c17-12-6-7-15-19-13(9-21(15)8-12)10-23-16-18-11-22(20-16)14-4-2-1-3-5-14/h1-9,11H,10H2. The van der Waals surface area contributed by atoms with E-state index in [-0.39, 0.29) is 0 Å². The highest BCUT2D eigenvalue weighted by Gasteiger charge is 2.07. The molecule has 1 aromatic carbocycles. The molecule has 0 amide bonds. The zero-order valence-electron chi connectivity index (χ0n) is 12.0. The molecule has 5 nitrogen and oxygen atoms in total. The molecule has 4 aromatic rings. The summed E-state index contributed by atoms with van der Waals surface area (Å²) in [6.45, 7) is 0. The largest absolute Gasteiger partial charge is 0.305 e. The Bertz CT molecular complexity index is 947. The molecule has 4 rings (SSSR count). The van der Waals surface area contributed by atoms with Gasteiger partial charge in [0.25, 0.3) is 0 Å². The molecule has 0 radical (unpaired) electrons. The van der Waals surface area contributed by atoms with E-state index in [4.69, 9.17) is 11.6 Å². The van der Waals surface area contributed by atoms with Gasteiger partial charge >= 0.3 is 0 Å². The van der Waals surface area contributed by atoms with Gasteiger partial charge in [-0.3, -0.25) is 0 Å². The molecule has 0 N–H and O–H groups in total. The number of halogens is 1. The first-order chi connectivity index (χ1) is 11.3. The van der Waals surface area contributed by atoms with Gasteiger partial charge < -0.3 is 4.40 Å². The van der Waals surface area contributed by atoms with Gasteiger partial charge in [0.15, 0.2) is 0 Å². The van der Waals surface area contributed by atoms with Crippen molar-refractivity contribution in [1.82, 2.24) is 24.1 Å². The smallest absolute Gasteiger partial charge is 0.209 e. The monoisotopic (exact) mass is 341 g/mol. The SMILES string of the molecule is Clc1ccc2nc(CSc3ncn(-c4ccccc4)n3)cn2c1. The molecular formula is C16H12ClN5S. The molecule has 0 fully saturated rings. The van der Waals surface area contributed by atoms with Crippen LogP contribution < -0.4 is 0 Å². The van der Waals surface area contributed by atoms with Crippen LogP contribution in [0, 0.1) is 0 Å². The Morgan fingerprint density at radius 3 is 2.78 bits per heavy atom. The maximum Gasteiger partial charge on any atom is 0.209 e. The Morgan fingerprint density at radius 1 is 1.04 bits per heavy atom. The van der Waals surface area contributed by atoms with Crippen LogP contribution in [0.5, 0.6) is 0 Å². The third-order valence-electron chi connectivity index (χ3n) is 3.31. The Labute approximate surface area is 142 Å². The van der Waals surface area contributed by atoms with E-state index < -0.39 is 0 Å². The number of nitrogens with zero attached hydrogens (tertiary/aromatic N) is 5. The summed E-state index contributed by atoms with van der Waals surface area (Å²) in [6.07, 6.45) is 5.55. The van der Waals surface area contributed by atoms with Gasteiger partial charge in [-0.2, -0.15) is 0 Å². The highest BCUT2D eigenvalue weighted by Crippen LogP contribution is 2.20. The number of aromatic nitrogens is 5. The number of pyridine rings is 1. The number of benzene rings is 1. The fraction of sp³-hybridized carbons (Fsp3) is 0.0625. The molecule has 0 aliphatic rings. The van der Waals surface area contributed by atoms with E-state index in [2.05, 4.69) is 15.1 Å². The Balaban J connectivity index is 1.49. The molecule has 114 valence electrons. The molecule has 3 heterocycles. The van der Waals surface area contributed by atoms with Crippen LogP contribution in [0.3, 0.4) is 0 Å². The van der Waals surface area contributed by atoms with E-state index >= 15 is 0 Å². The van der Waals surface area contributed by atoms with Gasteiger partial charge in [-0.1, -0.05) is 41.6 Å². The van der Waals surface area contributed by atoms with Crippen LogP contribution in [0.4, 0.5) is 0 Å². The number of imidazole rings is 1. The number of para-hydroxylation sites is 1. The summed E-state index contributed by atoms with van der Waals surface area (Å²) in [5.74, 6) is 0.706. The third kappa shape index (κ3) is 3.09. The van der Waals surface area contributed by atoms with Gasteiger partial charge in [-0.25, -0.2) is 14.6 Å². The third-order valence-corrected chi connectivity index (χ3v) is 4.41. The topological polar surface area (TPSA) is 48.0 Å². The van der Waals surface area contributed by atoms with Crippen molar-refractivity contribution < 1.29 is 0 Å². The molecule has 23 heavy (non-hydrogen) atoms. The summed E-state index contributed by atoms with van der Waals surface area (Å²) < 4.78 is 3.69. The summed E-state index contributed by atoms with van der Waals surface area (Å²) in [4.78, 5) is 8.89. The number of fused-ring (bicyclic) bond motifs is 1. The van der Waals surface area contributed by atoms with E-state index in [1.54, 1.807) is 22.8 Å². The highest BCUT2D eigenvalue weighted by atomic mass is 35.5. The lowest BCUT2D eigenvalue weighted by molar-refractivity contribution is 0.834. The van der Waals surface area contributed by atoms with E-state index in [0.717, 1.165) is 22.2 Å². The fourth-order valence-electron chi connectivity index (χ4n) is 2.24. The number of hydrogen-bond donors (Lipinski definition) is 0. The maximum atomic E-state index is 5.99. The first-order valence-corrected chi connectivity index (χ1v) is 8.37. The predicted octanol–water partition coefficient (Wildman–Crippen LogP) is 3.86. The van der Waals surface area contributed by atoms with Gasteiger partial charge in [0, 0.05) is 18.1 Å². The minimum Gasteiger partial charge on any atom is -0.305 e. The van der Waals surface area contributed by atoms with Gasteiger partial charge in [0.2, 0.25) is 5.16 Å². The van der Waals surface area contributed by atoms with Crippen molar-refractivity contribution in [2.75, 3.05) is 0 Å². The fourth-order valence-corrected chi connectivity index (χ4v) is 3.10.